The van der Waals surface area contributed by atoms with E-state index in [1.54, 1.807) is 6.08 Å². The van der Waals surface area contributed by atoms with E-state index in [4.69, 9.17) is 5.73 Å². The van der Waals surface area contributed by atoms with Gasteiger partial charge in [-0.3, -0.25) is 0 Å². The molecule has 4 heteroatoms. The summed E-state index contributed by atoms with van der Waals surface area (Å²) >= 11 is 0. The zero-order chi connectivity index (χ0) is 10.1. The molecule has 0 saturated carbocycles. The number of allylic oxidation sites excluding steroid dienone is 3. The molecule has 13 heavy (non-hydrogen) atoms. The second kappa shape index (κ2) is 3.54. The van der Waals surface area contributed by atoms with Gasteiger partial charge in [0, 0.05) is 0 Å². The van der Waals surface area contributed by atoms with Gasteiger partial charge in [-0.1, -0.05) is 25.2 Å². The van der Waals surface area contributed by atoms with Gasteiger partial charge >= 0.3 is 6.18 Å². The normalized spacial score (nSPS) is 28.8. The smallest absolute Gasteiger partial charge is 0.330 e. The number of alkyl halides is 3. The topological polar surface area (TPSA) is 26.0 Å². The highest BCUT2D eigenvalue weighted by Gasteiger charge is 2.34. The lowest BCUT2D eigenvalue weighted by atomic mass is 9.87. The summed E-state index contributed by atoms with van der Waals surface area (Å²) in [4.78, 5) is 0. The van der Waals surface area contributed by atoms with E-state index < -0.39 is 11.7 Å². The molecule has 2 unspecified atom stereocenters. The van der Waals surface area contributed by atoms with Crippen molar-refractivity contribution in [1.29, 1.82) is 0 Å². The Morgan fingerprint density at radius 3 is 2.54 bits per heavy atom. The van der Waals surface area contributed by atoms with Crippen LogP contribution in [-0.4, -0.2) is 12.7 Å². The molecule has 2 N–H and O–H groups in total. The van der Waals surface area contributed by atoms with Gasteiger partial charge in [0.05, 0.1) is 5.57 Å². The van der Waals surface area contributed by atoms with Crippen LogP contribution in [0.5, 0.6) is 0 Å². The lowest BCUT2D eigenvalue weighted by Crippen LogP contribution is -2.24. The second-order valence-electron chi connectivity index (χ2n) is 3.24. The maximum Gasteiger partial charge on any atom is 0.416 e. The quantitative estimate of drug-likeness (QED) is 0.676. The average molecular weight is 191 g/mol. The third kappa shape index (κ3) is 2.34. The highest BCUT2D eigenvalue weighted by atomic mass is 19.4. The van der Waals surface area contributed by atoms with Crippen LogP contribution >= 0.6 is 0 Å². The predicted octanol–water partition coefficient (Wildman–Crippen LogP) is 2.26. The summed E-state index contributed by atoms with van der Waals surface area (Å²) in [6.07, 6.45) is -0.355. The maximum atomic E-state index is 12.2. The monoisotopic (exact) mass is 191 g/mol. The molecule has 0 heterocycles. The van der Waals surface area contributed by atoms with E-state index in [9.17, 15) is 13.2 Å². The molecule has 1 aliphatic carbocycles. The van der Waals surface area contributed by atoms with Gasteiger partial charge in [-0.15, -0.1) is 0 Å². The molecule has 0 spiro atoms. The van der Waals surface area contributed by atoms with Crippen molar-refractivity contribution in [3.8, 4) is 0 Å². The van der Waals surface area contributed by atoms with Crippen LogP contribution in [-0.2, 0) is 0 Å². The van der Waals surface area contributed by atoms with Crippen molar-refractivity contribution >= 4 is 0 Å². The first-order valence-corrected chi connectivity index (χ1v) is 4.12. The first-order chi connectivity index (χ1) is 5.95. The van der Waals surface area contributed by atoms with Gasteiger partial charge in [0.15, 0.2) is 0 Å². The standard InChI is InChI=1S/C9H12F3N/c1-6-2-3-8(9(10,11)12)4-7(6)5-13/h2-4,6-7H,5,13H2,1H3. The number of hydrogen-bond donors (Lipinski definition) is 1. The van der Waals surface area contributed by atoms with Crippen LogP contribution in [0, 0.1) is 11.8 Å². The molecule has 1 aliphatic rings. The fraction of sp³-hybridized carbons (Fsp3) is 0.556. The Hall–Kier alpha value is -0.770. The van der Waals surface area contributed by atoms with Gasteiger partial charge in [0.2, 0.25) is 0 Å². The molecule has 0 aliphatic heterocycles. The minimum absolute atomic E-state index is 0.0936. The van der Waals surface area contributed by atoms with Crippen molar-refractivity contribution < 1.29 is 13.2 Å². The largest absolute Gasteiger partial charge is 0.416 e. The third-order valence-electron chi connectivity index (χ3n) is 2.25. The Morgan fingerprint density at radius 1 is 1.46 bits per heavy atom. The SMILES string of the molecule is CC1C=CC(C(F)(F)F)=CC1CN. The van der Waals surface area contributed by atoms with Gasteiger partial charge in [0.25, 0.3) is 0 Å². The molecule has 74 valence electrons. The molecule has 1 rings (SSSR count). The fourth-order valence-electron chi connectivity index (χ4n) is 1.31. The molecule has 0 aromatic heterocycles. The van der Waals surface area contributed by atoms with E-state index >= 15 is 0 Å². The van der Waals surface area contributed by atoms with Crippen molar-refractivity contribution in [2.75, 3.05) is 6.54 Å². The van der Waals surface area contributed by atoms with Crippen molar-refractivity contribution in [2.45, 2.75) is 13.1 Å². The number of halogens is 3. The molecule has 0 bridgehead atoms. The van der Waals surface area contributed by atoms with Crippen LogP contribution in [0.3, 0.4) is 0 Å². The van der Waals surface area contributed by atoms with Crippen molar-refractivity contribution in [3.63, 3.8) is 0 Å². The van der Waals surface area contributed by atoms with Crippen LogP contribution in [0.25, 0.3) is 0 Å². The minimum Gasteiger partial charge on any atom is -0.330 e. The lowest BCUT2D eigenvalue weighted by Gasteiger charge is -2.22. The molecule has 0 aromatic rings. The van der Waals surface area contributed by atoms with Crippen molar-refractivity contribution in [2.24, 2.45) is 17.6 Å². The van der Waals surface area contributed by atoms with E-state index in [1.807, 2.05) is 6.92 Å². The lowest BCUT2D eigenvalue weighted by molar-refractivity contribution is -0.0890. The molecule has 0 saturated heterocycles. The molecule has 1 nitrogen and oxygen atoms in total. The second-order valence-corrected chi connectivity index (χ2v) is 3.24. The Labute approximate surface area is 75.1 Å². The summed E-state index contributed by atoms with van der Waals surface area (Å²) in [6.45, 7) is 2.11. The summed E-state index contributed by atoms with van der Waals surface area (Å²) < 4.78 is 36.7. The molecule has 0 amide bonds. The average Bonchev–Trinajstić information content (AvgIpc) is 2.03. The summed E-state index contributed by atoms with van der Waals surface area (Å²) in [6, 6.07) is 0. The van der Waals surface area contributed by atoms with E-state index in [2.05, 4.69) is 0 Å². The molecule has 2 atom stereocenters. The minimum atomic E-state index is -4.25. The van der Waals surface area contributed by atoms with E-state index in [0.717, 1.165) is 6.08 Å². The van der Waals surface area contributed by atoms with E-state index in [1.165, 1.54) is 6.08 Å². The fourth-order valence-corrected chi connectivity index (χ4v) is 1.31. The van der Waals surface area contributed by atoms with Crippen LogP contribution in [0.1, 0.15) is 6.92 Å². The van der Waals surface area contributed by atoms with Gasteiger partial charge < -0.3 is 5.73 Å². The first kappa shape index (κ1) is 10.3. The Balaban J connectivity index is 2.85. The Bertz CT molecular complexity index is 240. The van der Waals surface area contributed by atoms with Crippen LogP contribution in [0.4, 0.5) is 13.2 Å². The summed E-state index contributed by atoms with van der Waals surface area (Å²) in [5, 5.41) is 0. The Morgan fingerprint density at radius 2 is 2.08 bits per heavy atom. The maximum absolute atomic E-state index is 12.2. The first-order valence-electron chi connectivity index (χ1n) is 4.12. The number of rotatable bonds is 1. The zero-order valence-electron chi connectivity index (χ0n) is 7.31. The molecular weight excluding hydrogens is 179 g/mol. The van der Waals surface area contributed by atoms with Gasteiger partial charge in [-0.05, 0) is 18.4 Å². The molecule has 0 radical (unpaired) electrons. The van der Waals surface area contributed by atoms with E-state index in [0.29, 0.717) is 0 Å². The highest BCUT2D eigenvalue weighted by Crippen LogP contribution is 2.32. The van der Waals surface area contributed by atoms with Crippen molar-refractivity contribution in [3.05, 3.63) is 23.8 Å². The van der Waals surface area contributed by atoms with Gasteiger partial charge in [-0.2, -0.15) is 13.2 Å². The molecule has 0 aromatic carbocycles. The summed E-state index contributed by atoms with van der Waals surface area (Å²) in [7, 11) is 0. The highest BCUT2D eigenvalue weighted by molar-refractivity contribution is 5.29. The number of hydrogen-bond acceptors (Lipinski definition) is 1. The molecular formula is C9H12F3N. The predicted molar refractivity (Wildman–Crippen MR) is 45.0 cm³/mol. The van der Waals surface area contributed by atoms with Crippen LogP contribution < -0.4 is 5.73 Å². The third-order valence-corrected chi connectivity index (χ3v) is 2.25. The van der Waals surface area contributed by atoms with E-state index in [-0.39, 0.29) is 18.4 Å². The zero-order valence-corrected chi connectivity index (χ0v) is 7.31. The van der Waals surface area contributed by atoms with Crippen LogP contribution in [0.15, 0.2) is 23.8 Å². The van der Waals surface area contributed by atoms with Gasteiger partial charge in [-0.25, -0.2) is 0 Å². The molecule has 0 fully saturated rings. The van der Waals surface area contributed by atoms with Crippen LogP contribution in [0.2, 0.25) is 0 Å². The van der Waals surface area contributed by atoms with Crippen molar-refractivity contribution in [1.82, 2.24) is 0 Å². The Kier molecular flexibility index (Phi) is 2.81. The summed E-state index contributed by atoms with van der Waals surface area (Å²) in [5.74, 6) is -0.0993. The number of nitrogens with two attached hydrogens (primary N) is 1. The summed E-state index contributed by atoms with van der Waals surface area (Å²) in [5.41, 5.74) is 4.77. The van der Waals surface area contributed by atoms with Gasteiger partial charge in [0.1, 0.15) is 0 Å².